The second kappa shape index (κ2) is 11.9. The summed E-state index contributed by atoms with van der Waals surface area (Å²) in [6, 6.07) is 7.59. The molecule has 0 aliphatic heterocycles. The smallest absolute Gasteiger partial charge is 0.215 e. The Morgan fingerprint density at radius 2 is 1.92 bits per heavy atom. The molecule has 0 spiro atoms. The molecule has 1 aromatic rings. The van der Waals surface area contributed by atoms with Crippen LogP contribution in [0.25, 0.3) is 0 Å². The number of hydrogen-bond donors (Lipinski definition) is 3. The molecule has 6 nitrogen and oxygen atoms in total. The Kier molecular flexibility index (Phi) is 10.3. The van der Waals surface area contributed by atoms with Gasteiger partial charge in [0.25, 0.3) is 0 Å². The van der Waals surface area contributed by atoms with Crippen LogP contribution < -0.4 is 15.4 Å². The van der Waals surface area contributed by atoms with Crippen LogP contribution in [0.1, 0.15) is 50.7 Å². The van der Waals surface area contributed by atoms with Crippen molar-refractivity contribution in [1.29, 1.82) is 0 Å². The molecule has 1 aromatic carbocycles. The molecule has 0 aromatic heterocycles. The Morgan fingerprint density at radius 1 is 1.19 bits per heavy atom. The van der Waals surface area contributed by atoms with E-state index in [1.54, 1.807) is 7.05 Å². The first-order valence-electron chi connectivity index (χ1n) is 9.37. The Balaban J connectivity index is 2.55. The minimum atomic E-state index is -3.26. The first-order chi connectivity index (χ1) is 12.4. The predicted octanol–water partition coefficient (Wildman–Crippen LogP) is 2.62. The van der Waals surface area contributed by atoms with Gasteiger partial charge in [0.1, 0.15) is 0 Å². The van der Waals surface area contributed by atoms with Crippen molar-refractivity contribution in [2.45, 2.75) is 51.8 Å². The number of benzene rings is 1. The molecule has 1 atom stereocenters. The van der Waals surface area contributed by atoms with Crippen molar-refractivity contribution in [1.82, 2.24) is 15.4 Å². The molecule has 0 saturated carbocycles. The van der Waals surface area contributed by atoms with E-state index in [4.69, 9.17) is 0 Å². The molecule has 1 rings (SSSR count). The van der Waals surface area contributed by atoms with Gasteiger partial charge in [-0.3, -0.25) is 4.99 Å². The van der Waals surface area contributed by atoms with Gasteiger partial charge in [-0.05, 0) is 30.5 Å². The molecule has 3 N–H and O–H groups in total. The summed E-state index contributed by atoms with van der Waals surface area (Å²) in [4.78, 5) is 4.27. The van der Waals surface area contributed by atoms with E-state index in [9.17, 15) is 8.42 Å². The second-order valence-electron chi connectivity index (χ2n) is 6.51. The quantitative estimate of drug-likeness (QED) is 0.406. The van der Waals surface area contributed by atoms with Crippen LogP contribution in [0.3, 0.4) is 0 Å². The number of nitrogens with zero attached hydrogens (tertiary/aromatic N) is 1. The largest absolute Gasteiger partial charge is 0.356 e. The van der Waals surface area contributed by atoms with Gasteiger partial charge in [-0.25, -0.2) is 13.1 Å². The average Bonchev–Trinajstić information content (AvgIpc) is 2.64. The van der Waals surface area contributed by atoms with Gasteiger partial charge in [-0.1, -0.05) is 57.4 Å². The van der Waals surface area contributed by atoms with E-state index in [2.05, 4.69) is 34.2 Å². The Hall–Kier alpha value is -1.60. The molecule has 26 heavy (non-hydrogen) atoms. The fourth-order valence-electron chi connectivity index (χ4n) is 2.71. The molecule has 0 saturated heterocycles. The summed E-state index contributed by atoms with van der Waals surface area (Å²) in [6.45, 7) is 5.95. The third-order valence-electron chi connectivity index (χ3n) is 4.44. The van der Waals surface area contributed by atoms with Crippen LogP contribution in [-0.2, 0) is 22.3 Å². The van der Waals surface area contributed by atoms with Crippen LogP contribution >= 0.6 is 0 Å². The number of rotatable bonds is 11. The molecule has 0 amide bonds. The zero-order valence-corrected chi connectivity index (χ0v) is 17.3. The van der Waals surface area contributed by atoms with E-state index in [-0.39, 0.29) is 5.75 Å². The summed E-state index contributed by atoms with van der Waals surface area (Å²) >= 11 is 0. The van der Waals surface area contributed by atoms with Crippen molar-refractivity contribution in [3.05, 3.63) is 35.4 Å². The van der Waals surface area contributed by atoms with Gasteiger partial charge in [0.05, 0.1) is 5.75 Å². The predicted molar refractivity (Wildman–Crippen MR) is 110 cm³/mol. The van der Waals surface area contributed by atoms with Gasteiger partial charge in [0.2, 0.25) is 10.0 Å². The molecule has 0 fully saturated rings. The molecule has 0 radical (unpaired) electrons. The van der Waals surface area contributed by atoms with Crippen LogP contribution in [0.15, 0.2) is 29.3 Å². The fraction of sp³-hybridized carbons (Fsp3) is 0.632. The van der Waals surface area contributed by atoms with E-state index in [0.29, 0.717) is 12.5 Å². The van der Waals surface area contributed by atoms with Crippen LogP contribution in [0, 0.1) is 5.92 Å². The van der Waals surface area contributed by atoms with Crippen molar-refractivity contribution in [2.24, 2.45) is 10.9 Å². The third kappa shape index (κ3) is 8.67. The van der Waals surface area contributed by atoms with Crippen LogP contribution in [0.2, 0.25) is 0 Å². The SMILES string of the molecule is CCCCC(CC)CNC(=NC)NCc1cccc(CS(=O)(=O)NC)c1. The first kappa shape index (κ1) is 22.4. The normalized spacial score (nSPS) is 13.5. The zero-order valence-electron chi connectivity index (χ0n) is 16.5. The summed E-state index contributed by atoms with van der Waals surface area (Å²) < 4.78 is 25.7. The lowest BCUT2D eigenvalue weighted by atomic mass is 9.99. The first-order valence-corrected chi connectivity index (χ1v) is 11.0. The van der Waals surface area contributed by atoms with Crippen molar-refractivity contribution in [3.63, 3.8) is 0 Å². The maximum atomic E-state index is 11.7. The molecular weight excluding hydrogens is 348 g/mol. The highest BCUT2D eigenvalue weighted by molar-refractivity contribution is 7.88. The Labute approximate surface area is 158 Å². The maximum absolute atomic E-state index is 11.7. The van der Waals surface area contributed by atoms with E-state index in [1.807, 2.05) is 24.3 Å². The summed E-state index contributed by atoms with van der Waals surface area (Å²) in [5.74, 6) is 1.41. The van der Waals surface area contributed by atoms with Gasteiger partial charge in [-0.2, -0.15) is 0 Å². The lowest BCUT2D eigenvalue weighted by Crippen LogP contribution is -2.39. The van der Waals surface area contributed by atoms with E-state index in [1.165, 1.54) is 26.3 Å². The minimum absolute atomic E-state index is 0.0140. The minimum Gasteiger partial charge on any atom is -0.356 e. The fourth-order valence-corrected chi connectivity index (χ4v) is 3.47. The molecule has 0 aliphatic rings. The second-order valence-corrected chi connectivity index (χ2v) is 8.43. The van der Waals surface area contributed by atoms with Crippen LogP contribution in [0.4, 0.5) is 0 Å². The number of nitrogens with one attached hydrogen (secondary N) is 3. The van der Waals surface area contributed by atoms with Crippen molar-refractivity contribution in [3.8, 4) is 0 Å². The highest BCUT2D eigenvalue weighted by Gasteiger charge is 2.10. The number of hydrogen-bond acceptors (Lipinski definition) is 3. The monoisotopic (exact) mass is 382 g/mol. The lowest BCUT2D eigenvalue weighted by molar-refractivity contribution is 0.443. The summed E-state index contributed by atoms with van der Waals surface area (Å²) in [5, 5.41) is 6.69. The Morgan fingerprint density at radius 3 is 2.54 bits per heavy atom. The number of unbranched alkanes of at least 4 members (excludes halogenated alkanes) is 1. The summed E-state index contributed by atoms with van der Waals surface area (Å²) in [6.07, 6.45) is 4.88. The van der Waals surface area contributed by atoms with Gasteiger partial charge in [0, 0.05) is 20.1 Å². The van der Waals surface area contributed by atoms with Crippen LogP contribution in [0.5, 0.6) is 0 Å². The van der Waals surface area contributed by atoms with Gasteiger partial charge < -0.3 is 10.6 Å². The van der Waals surface area contributed by atoms with Crippen molar-refractivity contribution < 1.29 is 8.42 Å². The van der Waals surface area contributed by atoms with Gasteiger partial charge >= 0.3 is 0 Å². The Bertz CT molecular complexity index is 659. The molecule has 0 heterocycles. The average molecular weight is 383 g/mol. The number of aliphatic imine (C=N–C) groups is 1. The van der Waals surface area contributed by atoms with Crippen molar-refractivity contribution in [2.75, 3.05) is 20.6 Å². The van der Waals surface area contributed by atoms with Gasteiger partial charge in [0.15, 0.2) is 5.96 Å². The molecule has 0 bridgehead atoms. The molecule has 7 heteroatoms. The molecular formula is C19H34N4O2S. The third-order valence-corrected chi connectivity index (χ3v) is 5.78. The summed E-state index contributed by atoms with van der Waals surface area (Å²) in [7, 11) is -0.0674. The number of sulfonamides is 1. The van der Waals surface area contributed by atoms with Crippen LogP contribution in [-0.4, -0.2) is 35.0 Å². The van der Waals surface area contributed by atoms with Crippen molar-refractivity contribution >= 4 is 16.0 Å². The zero-order chi connectivity index (χ0) is 19.4. The highest BCUT2D eigenvalue weighted by atomic mass is 32.2. The summed E-state index contributed by atoms with van der Waals surface area (Å²) in [5.41, 5.74) is 1.79. The molecule has 148 valence electrons. The topological polar surface area (TPSA) is 82.6 Å². The standard InChI is InChI=1S/C19H34N4O2S/c1-5-7-9-16(6-2)13-22-19(20-3)23-14-17-10-8-11-18(12-17)15-26(24,25)21-4/h8,10-12,16,21H,5-7,9,13-15H2,1-4H3,(H2,20,22,23). The maximum Gasteiger partial charge on any atom is 0.215 e. The van der Waals surface area contributed by atoms with E-state index >= 15 is 0 Å². The van der Waals surface area contributed by atoms with E-state index < -0.39 is 10.0 Å². The van der Waals surface area contributed by atoms with E-state index in [0.717, 1.165) is 30.1 Å². The lowest BCUT2D eigenvalue weighted by Gasteiger charge is -2.18. The van der Waals surface area contributed by atoms with Gasteiger partial charge in [-0.15, -0.1) is 0 Å². The highest BCUT2D eigenvalue weighted by Crippen LogP contribution is 2.11. The molecule has 0 aliphatic carbocycles. The molecule has 1 unspecified atom stereocenters. The number of guanidine groups is 1.